The van der Waals surface area contributed by atoms with Gasteiger partial charge in [0, 0.05) is 6.54 Å². The average Bonchev–Trinajstić information content (AvgIpc) is 2.15. The van der Waals surface area contributed by atoms with Gasteiger partial charge in [-0.1, -0.05) is 0 Å². The summed E-state index contributed by atoms with van der Waals surface area (Å²) in [7, 11) is 0. The van der Waals surface area contributed by atoms with Gasteiger partial charge in [0.2, 0.25) is 0 Å². The molecule has 0 aliphatic heterocycles. The first-order valence-electron chi connectivity index (χ1n) is 5.18. The van der Waals surface area contributed by atoms with E-state index in [4.69, 9.17) is 10.5 Å². The molecule has 0 aliphatic rings. The zero-order valence-corrected chi connectivity index (χ0v) is 9.35. The van der Waals surface area contributed by atoms with Crippen LogP contribution in [0.15, 0.2) is 12.1 Å². The predicted molar refractivity (Wildman–Crippen MR) is 59.5 cm³/mol. The van der Waals surface area contributed by atoms with Crippen molar-refractivity contribution in [1.82, 2.24) is 0 Å². The number of hydrogen-bond donors (Lipinski definition) is 1. The van der Waals surface area contributed by atoms with Gasteiger partial charge in [0.15, 0.2) is 0 Å². The van der Waals surface area contributed by atoms with Gasteiger partial charge in [-0.3, -0.25) is 0 Å². The molecule has 84 valence electrons. The standard InChI is InChI=1S/C12H18FNO/c1-9-7-11(13)8-10(2)12(9)3-5-15-6-4-14/h7-8H,3-6,14H2,1-2H3. The molecule has 0 aromatic heterocycles. The monoisotopic (exact) mass is 211 g/mol. The fourth-order valence-electron chi connectivity index (χ4n) is 1.69. The lowest BCUT2D eigenvalue weighted by Crippen LogP contribution is -2.10. The molecule has 0 fully saturated rings. The highest BCUT2D eigenvalue weighted by Crippen LogP contribution is 2.16. The molecule has 0 saturated carbocycles. The van der Waals surface area contributed by atoms with Crippen molar-refractivity contribution in [3.63, 3.8) is 0 Å². The SMILES string of the molecule is Cc1cc(F)cc(C)c1CCOCCN. The maximum Gasteiger partial charge on any atom is 0.123 e. The van der Waals surface area contributed by atoms with E-state index in [-0.39, 0.29) is 5.82 Å². The molecule has 2 nitrogen and oxygen atoms in total. The molecule has 0 atom stereocenters. The summed E-state index contributed by atoms with van der Waals surface area (Å²) < 4.78 is 18.3. The number of aryl methyl sites for hydroxylation is 2. The van der Waals surface area contributed by atoms with Gasteiger partial charge in [-0.05, 0) is 49.1 Å². The van der Waals surface area contributed by atoms with Crippen LogP contribution < -0.4 is 5.73 Å². The number of hydrogen-bond acceptors (Lipinski definition) is 2. The third-order valence-corrected chi connectivity index (χ3v) is 2.42. The summed E-state index contributed by atoms with van der Waals surface area (Å²) in [6.07, 6.45) is 0.817. The number of benzene rings is 1. The zero-order valence-electron chi connectivity index (χ0n) is 9.35. The molecule has 0 spiro atoms. The summed E-state index contributed by atoms with van der Waals surface area (Å²) in [5, 5.41) is 0. The van der Waals surface area contributed by atoms with Gasteiger partial charge in [0.25, 0.3) is 0 Å². The smallest absolute Gasteiger partial charge is 0.123 e. The number of ether oxygens (including phenoxy) is 1. The van der Waals surface area contributed by atoms with E-state index in [2.05, 4.69) is 0 Å². The van der Waals surface area contributed by atoms with E-state index >= 15 is 0 Å². The van der Waals surface area contributed by atoms with Crippen molar-refractivity contribution in [2.45, 2.75) is 20.3 Å². The molecule has 0 amide bonds. The van der Waals surface area contributed by atoms with Crippen molar-refractivity contribution < 1.29 is 9.13 Å². The minimum Gasteiger partial charge on any atom is -0.380 e. The Morgan fingerprint density at radius 2 is 1.80 bits per heavy atom. The first kappa shape index (κ1) is 12.1. The van der Waals surface area contributed by atoms with E-state index in [9.17, 15) is 4.39 Å². The largest absolute Gasteiger partial charge is 0.380 e. The lowest BCUT2D eigenvalue weighted by molar-refractivity contribution is 0.144. The van der Waals surface area contributed by atoms with Crippen LogP contribution in [0.25, 0.3) is 0 Å². The van der Waals surface area contributed by atoms with E-state index in [0.29, 0.717) is 19.8 Å². The lowest BCUT2D eigenvalue weighted by atomic mass is 10.0. The van der Waals surface area contributed by atoms with Crippen LogP contribution in [0.4, 0.5) is 4.39 Å². The van der Waals surface area contributed by atoms with Crippen LogP contribution in [0, 0.1) is 19.7 Å². The van der Waals surface area contributed by atoms with Gasteiger partial charge in [-0.15, -0.1) is 0 Å². The Labute approximate surface area is 90.2 Å². The van der Waals surface area contributed by atoms with E-state index < -0.39 is 0 Å². The third kappa shape index (κ3) is 3.61. The Morgan fingerprint density at radius 3 is 2.33 bits per heavy atom. The first-order chi connectivity index (χ1) is 7.15. The minimum absolute atomic E-state index is 0.170. The molecular weight excluding hydrogens is 193 g/mol. The molecule has 1 rings (SSSR count). The maximum atomic E-state index is 13.0. The topological polar surface area (TPSA) is 35.2 Å². The van der Waals surface area contributed by atoms with Gasteiger partial charge in [-0.25, -0.2) is 4.39 Å². The molecule has 1 aromatic carbocycles. The Kier molecular flexibility index (Phi) is 4.72. The second-order valence-corrected chi connectivity index (χ2v) is 3.67. The van der Waals surface area contributed by atoms with Crippen LogP contribution in [0.2, 0.25) is 0 Å². The second kappa shape index (κ2) is 5.83. The maximum absolute atomic E-state index is 13.0. The van der Waals surface area contributed by atoms with Gasteiger partial charge < -0.3 is 10.5 Å². The van der Waals surface area contributed by atoms with Crippen LogP contribution in [0.1, 0.15) is 16.7 Å². The lowest BCUT2D eigenvalue weighted by Gasteiger charge is -2.10. The summed E-state index contributed by atoms with van der Waals surface area (Å²) in [6.45, 7) is 5.62. The van der Waals surface area contributed by atoms with Gasteiger partial charge in [-0.2, -0.15) is 0 Å². The normalized spacial score (nSPS) is 10.7. The minimum atomic E-state index is -0.170. The molecule has 0 saturated heterocycles. The van der Waals surface area contributed by atoms with Crippen LogP contribution in [-0.2, 0) is 11.2 Å². The van der Waals surface area contributed by atoms with Crippen molar-refractivity contribution in [3.8, 4) is 0 Å². The second-order valence-electron chi connectivity index (χ2n) is 3.67. The molecular formula is C12H18FNO. The Hall–Kier alpha value is -0.930. The van der Waals surface area contributed by atoms with Crippen molar-refractivity contribution in [3.05, 3.63) is 34.6 Å². The van der Waals surface area contributed by atoms with E-state index in [1.54, 1.807) is 12.1 Å². The number of rotatable bonds is 5. The average molecular weight is 211 g/mol. The van der Waals surface area contributed by atoms with Crippen LogP contribution in [0.3, 0.4) is 0 Å². The molecule has 0 aliphatic carbocycles. The van der Waals surface area contributed by atoms with Crippen LogP contribution in [0.5, 0.6) is 0 Å². The van der Waals surface area contributed by atoms with E-state index in [1.807, 2.05) is 13.8 Å². The Balaban J connectivity index is 2.60. The van der Waals surface area contributed by atoms with Gasteiger partial charge in [0.1, 0.15) is 5.82 Å². The van der Waals surface area contributed by atoms with Crippen molar-refractivity contribution >= 4 is 0 Å². The number of halogens is 1. The molecule has 0 radical (unpaired) electrons. The van der Waals surface area contributed by atoms with Crippen LogP contribution in [-0.4, -0.2) is 19.8 Å². The highest BCUT2D eigenvalue weighted by Gasteiger charge is 2.04. The third-order valence-electron chi connectivity index (χ3n) is 2.42. The molecule has 1 aromatic rings. The van der Waals surface area contributed by atoms with Crippen molar-refractivity contribution in [2.24, 2.45) is 5.73 Å². The molecule has 2 N–H and O–H groups in total. The Morgan fingerprint density at radius 1 is 1.20 bits per heavy atom. The zero-order chi connectivity index (χ0) is 11.3. The summed E-state index contributed by atoms with van der Waals surface area (Å²) in [5.41, 5.74) is 8.47. The van der Waals surface area contributed by atoms with Crippen molar-refractivity contribution in [1.29, 1.82) is 0 Å². The van der Waals surface area contributed by atoms with Crippen LogP contribution >= 0.6 is 0 Å². The van der Waals surface area contributed by atoms with E-state index in [0.717, 1.165) is 17.5 Å². The van der Waals surface area contributed by atoms with E-state index in [1.165, 1.54) is 5.56 Å². The highest BCUT2D eigenvalue weighted by atomic mass is 19.1. The first-order valence-corrected chi connectivity index (χ1v) is 5.18. The Bertz CT molecular complexity index is 302. The molecule has 15 heavy (non-hydrogen) atoms. The number of nitrogens with two attached hydrogens (primary N) is 1. The fourth-order valence-corrected chi connectivity index (χ4v) is 1.69. The molecule has 0 unspecified atom stereocenters. The molecule has 3 heteroatoms. The summed E-state index contributed by atoms with van der Waals surface area (Å²) in [5.74, 6) is -0.170. The summed E-state index contributed by atoms with van der Waals surface area (Å²) in [6, 6.07) is 3.12. The highest BCUT2D eigenvalue weighted by molar-refractivity contribution is 5.34. The molecule has 0 bridgehead atoms. The predicted octanol–water partition coefficient (Wildman–Crippen LogP) is 1.96. The van der Waals surface area contributed by atoms with Crippen molar-refractivity contribution in [2.75, 3.05) is 19.8 Å². The van der Waals surface area contributed by atoms with Gasteiger partial charge >= 0.3 is 0 Å². The fraction of sp³-hybridized carbons (Fsp3) is 0.500. The summed E-state index contributed by atoms with van der Waals surface area (Å²) in [4.78, 5) is 0. The summed E-state index contributed by atoms with van der Waals surface area (Å²) >= 11 is 0. The van der Waals surface area contributed by atoms with Gasteiger partial charge in [0.05, 0.1) is 13.2 Å². The molecule has 0 heterocycles. The quantitative estimate of drug-likeness (QED) is 0.756.